The van der Waals surface area contributed by atoms with E-state index < -0.39 is 10.9 Å². The molecule has 0 saturated carbocycles. The van der Waals surface area contributed by atoms with E-state index in [-0.39, 0.29) is 22.7 Å². The Morgan fingerprint density at radius 2 is 1.73 bits per heavy atom. The Kier molecular flexibility index (Phi) is 3.89. The number of esters is 1. The van der Waals surface area contributed by atoms with Crippen LogP contribution in [0.5, 0.6) is 5.75 Å². The van der Waals surface area contributed by atoms with Crippen molar-refractivity contribution in [1.82, 2.24) is 4.98 Å². The van der Waals surface area contributed by atoms with E-state index in [1.54, 1.807) is 12.1 Å². The Morgan fingerprint density at radius 3 is 2.57 bits per heavy atom. The van der Waals surface area contributed by atoms with Crippen LogP contribution in [0.15, 0.2) is 72.8 Å². The largest absolute Gasteiger partial charge is 0.423 e. The van der Waals surface area contributed by atoms with E-state index in [2.05, 4.69) is 11.1 Å². The van der Waals surface area contributed by atoms with E-state index in [0.29, 0.717) is 0 Å². The molecule has 1 heterocycles. The van der Waals surface area contributed by atoms with Gasteiger partial charge in [-0.25, -0.2) is 4.79 Å². The molecule has 5 aromatic rings. The molecule has 3 N–H and O–H groups in total. The van der Waals surface area contributed by atoms with E-state index in [4.69, 9.17) is 10.5 Å². The number of aromatic amines is 1. The monoisotopic (exact) mass is 397 g/mol. The first-order chi connectivity index (χ1) is 14.5. The molecule has 7 nitrogen and oxygen atoms in total. The average Bonchev–Trinajstić information content (AvgIpc) is 3.12. The highest BCUT2D eigenvalue weighted by atomic mass is 16.6. The highest BCUT2D eigenvalue weighted by Crippen LogP contribution is 2.33. The first-order valence-corrected chi connectivity index (χ1v) is 9.20. The number of anilines is 1. The third kappa shape index (κ3) is 2.80. The molecule has 0 fully saturated rings. The van der Waals surface area contributed by atoms with Gasteiger partial charge in [-0.3, -0.25) is 10.1 Å². The number of benzene rings is 4. The number of H-pyrrole nitrogens is 1. The van der Waals surface area contributed by atoms with Gasteiger partial charge in [0.05, 0.1) is 10.4 Å². The molecule has 0 atom stereocenters. The lowest BCUT2D eigenvalue weighted by Crippen LogP contribution is -2.11. The van der Waals surface area contributed by atoms with Crippen LogP contribution in [0.25, 0.3) is 32.6 Å². The molecule has 0 spiro atoms. The Morgan fingerprint density at radius 1 is 0.933 bits per heavy atom. The Labute approximate surface area is 169 Å². The highest BCUT2D eigenvalue weighted by molar-refractivity contribution is 6.17. The van der Waals surface area contributed by atoms with Gasteiger partial charge in [0.25, 0.3) is 5.69 Å². The van der Waals surface area contributed by atoms with Crippen LogP contribution in [0.4, 0.5) is 11.4 Å². The number of carbonyl (C=O) groups is 1. The van der Waals surface area contributed by atoms with Crippen LogP contribution in [0.3, 0.4) is 0 Å². The number of nitrogens with one attached hydrogen (secondary N) is 1. The Balaban J connectivity index is 1.60. The van der Waals surface area contributed by atoms with Crippen molar-refractivity contribution in [3.05, 3.63) is 88.5 Å². The van der Waals surface area contributed by atoms with E-state index in [9.17, 15) is 14.9 Å². The summed E-state index contributed by atoms with van der Waals surface area (Å²) in [6.07, 6.45) is 0. The number of para-hydroxylation sites is 1. The van der Waals surface area contributed by atoms with Gasteiger partial charge in [-0.1, -0.05) is 36.4 Å². The standard InChI is InChI=1S/C23H15N3O4/c24-14-7-10-21(26(28)29)19(11-14)23(27)30-15-8-5-13-6-9-17-16-3-1-2-4-20(16)25-22(17)18(13)12-15/h1-12,25H,24H2. The molecule has 0 saturated heterocycles. The summed E-state index contributed by atoms with van der Waals surface area (Å²) in [5.41, 5.74) is 7.34. The number of rotatable bonds is 3. The summed E-state index contributed by atoms with van der Waals surface area (Å²) < 4.78 is 5.46. The molecule has 0 bridgehead atoms. The van der Waals surface area contributed by atoms with Crippen LogP contribution in [0, 0.1) is 10.1 Å². The SMILES string of the molecule is Nc1ccc([N+](=O)[O-])c(C(=O)Oc2ccc3ccc4c5ccccc5[nH]c4c3c2)c1. The maximum absolute atomic E-state index is 12.6. The molecule has 0 unspecified atom stereocenters. The summed E-state index contributed by atoms with van der Waals surface area (Å²) in [6.45, 7) is 0. The summed E-state index contributed by atoms with van der Waals surface area (Å²) in [5.74, 6) is -0.549. The molecule has 0 radical (unpaired) electrons. The normalized spacial score (nSPS) is 11.2. The first-order valence-electron chi connectivity index (χ1n) is 9.20. The predicted octanol–water partition coefficient (Wildman–Crippen LogP) is 5.18. The number of hydrogen-bond acceptors (Lipinski definition) is 5. The lowest BCUT2D eigenvalue weighted by molar-refractivity contribution is -0.385. The van der Waals surface area contributed by atoms with Crippen molar-refractivity contribution >= 4 is 49.9 Å². The second kappa shape index (κ2) is 6.59. The number of fused-ring (bicyclic) bond motifs is 5. The second-order valence-corrected chi connectivity index (χ2v) is 6.96. The number of aromatic nitrogens is 1. The number of hydrogen-bond donors (Lipinski definition) is 2. The van der Waals surface area contributed by atoms with Gasteiger partial charge < -0.3 is 15.5 Å². The fraction of sp³-hybridized carbons (Fsp3) is 0. The number of ether oxygens (including phenoxy) is 1. The molecular formula is C23H15N3O4. The maximum Gasteiger partial charge on any atom is 0.350 e. The first kappa shape index (κ1) is 17.7. The molecule has 30 heavy (non-hydrogen) atoms. The molecule has 0 aliphatic rings. The molecule has 146 valence electrons. The summed E-state index contributed by atoms with van der Waals surface area (Å²) >= 11 is 0. The number of nitrogen functional groups attached to an aromatic ring is 1. The van der Waals surface area contributed by atoms with Gasteiger partial charge in [-0.15, -0.1) is 0 Å². The van der Waals surface area contributed by atoms with Crippen LogP contribution >= 0.6 is 0 Å². The second-order valence-electron chi connectivity index (χ2n) is 6.96. The number of nitrogens with zero attached hydrogens (tertiary/aromatic N) is 1. The quantitative estimate of drug-likeness (QED) is 0.143. The van der Waals surface area contributed by atoms with Gasteiger partial charge >= 0.3 is 5.97 Å². The number of nitro groups is 1. The van der Waals surface area contributed by atoms with Gasteiger partial charge in [-0.2, -0.15) is 0 Å². The van der Waals surface area contributed by atoms with Crippen LogP contribution in [0.2, 0.25) is 0 Å². The zero-order valence-corrected chi connectivity index (χ0v) is 15.6. The number of nitro benzene ring substituents is 1. The Bertz CT molecular complexity index is 1490. The minimum atomic E-state index is -0.836. The van der Waals surface area contributed by atoms with E-state index in [1.807, 2.05) is 36.4 Å². The van der Waals surface area contributed by atoms with Crippen molar-refractivity contribution in [2.45, 2.75) is 0 Å². The lowest BCUT2D eigenvalue weighted by atomic mass is 10.1. The van der Waals surface area contributed by atoms with Gasteiger partial charge in [0.1, 0.15) is 11.3 Å². The van der Waals surface area contributed by atoms with E-state index in [0.717, 1.165) is 32.6 Å². The maximum atomic E-state index is 12.6. The zero-order valence-electron chi connectivity index (χ0n) is 15.6. The average molecular weight is 397 g/mol. The third-order valence-electron chi connectivity index (χ3n) is 5.12. The van der Waals surface area contributed by atoms with Crippen molar-refractivity contribution in [1.29, 1.82) is 0 Å². The summed E-state index contributed by atoms with van der Waals surface area (Å²) in [5, 5.41) is 15.3. The molecule has 0 aliphatic heterocycles. The number of carbonyl (C=O) groups excluding carboxylic acids is 1. The molecule has 0 amide bonds. The highest BCUT2D eigenvalue weighted by Gasteiger charge is 2.22. The van der Waals surface area contributed by atoms with E-state index >= 15 is 0 Å². The molecule has 4 aromatic carbocycles. The zero-order chi connectivity index (χ0) is 20.8. The molecule has 0 aliphatic carbocycles. The number of nitrogens with two attached hydrogens (primary N) is 1. The molecular weight excluding hydrogens is 382 g/mol. The molecule has 5 rings (SSSR count). The minimum absolute atomic E-state index is 0.191. The van der Waals surface area contributed by atoms with Crippen molar-refractivity contribution in [2.24, 2.45) is 0 Å². The van der Waals surface area contributed by atoms with Gasteiger partial charge in [0, 0.05) is 33.4 Å². The van der Waals surface area contributed by atoms with Crippen molar-refractivity contribution in [2.75, 3.05) is 5.73 Å². The summed E-state index contributed by atoms with van der Waals surface area (Å²) in [7, 11) is 0. The fourth-order valence-electron chi connectivity index (χ4n) is 3.72. The summed E-state index contributed by atoms with van der Waals surface area (Å²) in [4.78, 5) is 26.7. The molecule has 1 aromatic heterocycles. The molecule has 7 heteroatoms. The Hall–Kier alpha value is -4.39. The van der Waals surface area contributed by atoms with Gasteiger partial charge in [0.2, 0.25) is 0 Å². The predicted molar refractivity (Wildman–Crippen MR) is 116 cm³/mol. The third-order valence-corrected chi connectivity index (χ3v) is 5.12. The lowest BCUT2D eigenvalue weighted by Gasteiger charge is -2.07. The van der Waals surface area contributed by atoms with Crippen LogP contribution < -0.4 is 10.5 Å². The topological polar surface area (TPSA) is 111 Å². The van der Waals surface area contributed by atoms with Crippen molar-refractivity contribution < 1.29 is 14.5 Å². The van der Waals surface area contributed by atoms with Crippen LogP contribution in [0.1, 0.15) is 10.4 Å². The van der Waals surface area contributed by atoms with Crippen molar-refractivity contribution in [3.8, 4) is 5.75 Å². The minimum Gasteiger partial charge on any atom is -0.423 e. The van der Waals surface area contributed by atoms with Crippen LogP contribution in [-0.2, 0) is 0 Å². The van der Waals surface area contributed by atoms with Gasteiger partial charge in [-0.05, 0) is 35.7 Å². The van der Waals surface area contributed by atoms with E-state index in [1.165, 1.54) is 18.2 Å². The van der Waals surface area contributed by atoms with Crippen LogP contribution in [-0.4, -0.2) is 15.9 Å². The van der Waals surface area contributed by atoms with Crippen molar-refractivity contribution in [3.63, 3.8) is 0 Å². The fourth-order valence-corrected chi connectivity index (χ4v) is 3.72. The summed E-state index contributed by atoms with van der Waals surface area (Å²) in [6, 6.07) is 21.1. The van der Waals surface area contributed by atoms with Gasteiger partial charge in [0.15, 0.2) is 0 Å². The smallest absolute Gasteiger partial charge is 0.350 e.